The first-order valence-corrected chi connectivity index (χ1v) is 8.12. The van der Waals surface area contributed by atoms with E-state index < -0.39 is 0 Å². The molecule has 0 saturated carbocycles. The Hall–Kier alpha value is -2.96. The van der Waals surface area contributed by atoms with Gasteiger partial charge in [0, 0.05) is 0 Å². The van der Waals surface area contributed by atoms with Gasteiger partial charge in [-0.25, -0.2) is 4.79 Å². The van der Waals surface area contributed by atoms with E-state index >= 15 is 0 Å². The normalized spacial score (nSPS) is 15.4. The van der Waals surface area contributed by atoms with Crippen molar-refractivity contribution >= 4 is 17.6 Å². The van der Waals surface area contributed by atoms with Gasteiger partial charge in [0.1, 0.15) is 17.3 Å². The Balaban J connectivity index is 1.61. The standard InChI is InChI=1S/C18H21N3O4/c1-10-4-6-15(25-10)12(3)20-18(23)19-11(2)13-5-7-16-14(8-13)21-17(22)9-24-16/h4-8,11-12H,9H2,1-3H3,(H,21,22)(H2,19,20,23)/t11-,12-/m1/s1. The van der Waals surface area contributed by atoms with E-state index in [2.05, 4.69) is 16.0 Å². The molecule has 2 heterocycles. The van der Waals surface area contributed by atoms with Gasteiger partial charge in [-0.1, -0.05) is 6.07 Å². The van der Waals surface area contributed by atoms with Gasteiger partial charge in [-0.2, -0.15) is 0 Å². The Labute approximate surface area is 145 Å². The van der Waals surface area contributed by atoms with Gasteiger partial charge < -0.3 is 25.1 Å². The van der Waals surface area contributed by atoms with Crippen LogP contribution in [-0.4, -0.2) is 18.5 Å². The van der Waals surface area contributed by atoms with Gasteiger partial charge in [-0.05, 0) is 50.6 Å². The Morgan fingerprint density at radius 1 is 1.16 bits per heavy atom. The van der Waals surface area contributed by atoms with E-state index in [1.165, 1.54) is 0 Å². The highest BCUT2D eigenvalue weighted by molar-refractivity contribution is 5.95. The number of amides is 3. The number of hydrogen-bond donors (Lipinski definition) is 3. The van der Waals surface area contributed by atoms with Crippen LogP contribution >= 0.6 is 0 Å². The van der Waals surface area contributed by atoms with Gasteiger partial charge >= 0.3 is 6.03 Å². The number of fused-ring (bicyclic) bond motifs is 1. The number of hydrogen-bond acceptors (Lipinski definition) is 4. The number of urea groups is 1. The molecule has 3 N–H and O–H groups in total. The number of benzene rings is 1. The third-order valence-electron chi connectivity index (χ3n) is 4.02. The van der Waals surface area contributed by atoms with Crippen LogP contribution in [0, 0.1) is 6.92 Å². The third kappa shape index (κ3) is 3.93. The first-order valence-electron chi connectivity index (χ1n) is 8.12. The van der Waals surface area contributed by atoms with Crippen LogP contribution in [-0.2, 0) is 4.79 Å². The van der Waals surface area contributed by atoms with E-state index in [9.17, 15) is 9.59 Å². The van der Waals surface area contributed by atoms with Crippen molar-refractivity contribution in [1.82, 2.24) is 10.6 Å². The highest BCUT2D eigenvalue weighted by Gasteiger charge is 2.19. The molecule has 7 nitrogen and oxygen atoms in total. The lowest BCUT2D eigenvalue weighted by Gasteiger charge is -2.21. The molecule has 3 rings (SSSR count). The van der Waals surface area contributed by atoms with E-state index in [1.807, 2.05) is 39.0 Å². The maximum absolute atomic E-state index is 12.2. The number of anilines is 1. The molecule has 0 unspecified atom stereocenters. The van der Waals surface area contributed by atoms with Gasteiger partial charge in [0.25, 0.3) is 5.91 Å². The lowest BCUT2D eigenvalue weighted by Crippen LogP contribution is -2.38. The molecule has 7 heteroatoms. The van der Waals surface area contributed by atoms with Crippen LogP contribution in [0.15, 0.2) is 34.7 Å². The van der Waals surface area contributed by atoms with E-state index in [0.717, 1.165) is 11.3 Å². The lowest BCUT2D eigenvalue weighted by molar-refractivity contribution is -0.118. The molecule has 1 aliphatic heterocycles. The van der Waals surface area contributed by atoms with Crippen LogP contribution in [0.25, 0.3) is 0 Å². The zero-order valence-corrected chi connectivity index (χ0v) is 14.4. The summed E-state index contributed by atoms with van der Waals surface area (Å²) in [7, 11) is 0. The highest BCUT2D eigenvalue weighted by Crippen LogP contribution is 2.30. The van der Waals surface area contributed by atoms with Crippen molar-refractivity contribution in [1.29, 1.82) is 0 Å². The first kappa shape index (κ1) is 16.9. The SMILES string of the molecule is Cc1ccc([C@@H](C)NC(=O)N[C@H](C)c2ccc3c(c2)NC(=O)CO3)o1. The largest absolute Gasteiger partial charge is 0.482 e. The monoisotopic (exact) mass is 343 g/mol. The number of furan rings is 1. The molecule has 132 valence electrons. The average Bonchev–Trinajstić information content (AvgIpc) is 3.00. The van der Waals surface area contributed by atoms with Gasteiger partial charge in [0.15, 0.2) is 6.61 Å². The molecule has 1 aromatic heterocycles. The molecule has 0 radical (unpaired) electrons. The van der Waals surface area contributed by atoms with Crippen LogP contribution in [0.2, 0.25) is 0 Å². The maximum Gasteiger partial charge on any atom is 0.315 e. The summed E-state index contributed by atoms with van der Waals surface area (Å²) in [4.78, 5) is 23.6. The van der Waals surface area contributed by atoms with Gasteiger partial charge in [0.05, 0.1) is 17.8 Å². The van der Waals surface area contributed by atoms with Crippen molar-refractivity contribution < 1.29 is 18.7 Å². The van der Waals surface area contributed by atoms with Crippen molar-refractivity contribution in [2.75, 3.05) is 11.9 Å². The molecular weight excluding hydrogens is 322 g/mol. The summed E-state index contributed by atoms with van der Waals surface area (Å²) in [5.74, 6) is 1.94. The molecule has 1 aromatic carbocycles. The van der Waals surface area contributed by atoms with E-state index in [0.29, 0.717) is 17.2 Å². The fourth-order valence-electron chi connectivity index (χ4n) is 2.65. The summed E-state index contributed by atoms with van der Waals surface area (Å²) in [6, 6.07) is 8.37. The fraction of sp³-hybridized carbons (Fsp3) is 0.333. The second-order valence-electron chi connectivity index (χ2n) is 6.10. The van der Waals surface area contributed by atoms with E-state index in [4.69, 9.17) is 9.15 Å². The molecule has 1 aliphatic rings. The Morgan fingerprint density at radius 2 is 1.92 bits per heavy atom. The Bertz CT molecular complexity index is 799. The Morgan fingerprint density at radius 3 is 2.64 bits per heavy atom. The summed E-state index contributed by atoms with van der Waals surface area (Å²) < 4.78 is 10.8. The summed E-state index contributed by atoms with van der Waals surface area (Å²) in [5.41, 5.74) is 1.48. The molecule has 0 spiro atoms. The number of nitrogens with one attached hydrogen (secondary N) is 3. The maximum atomic E-state index is 12.2. The lowest BCUT2D eigenvalue weighted by atomic mass is 10.1. The summed E-state index contributed by atoms with van der Waals surface area (Å²) >= 11 is 0. The average molecular weight is 343 g/mol. The number of carbonyl (C=O) groups excluding carboxylic acids is 2. The van der Waals surface area contributed by atoms with Crippen molar-refractivity contribution in [3.05, 3.63) is 47.4 Å². The molecule has 0 bridgehead atoms. The highest BCUT2D eigenvalue weighted by atomic mass is 16.5. The van der Waals surface area contributed by atoms with Crippen molar-refractivity contribution in [3.63, 3.8) is 0 Å². The van der Waals surface area contributed by atoms with Gasteiger partial charge in [-0.3, -0.25) is 4.79 Å². The van der Waals surface area contributed by atoms with Crippen LogP contribution in [0.4, 0.5) is 10.5 Å². The minimum atomic E-state index is -0.299. The molecule has 2 atom stereocenters. The minimum Gasteiger partial charge on any atom is -0.482 e. The quantitative estimate of drug-likeness (QED) is 0.795. The van der Waals surface area contributed by atoms with Crippen LogP contribution < -0.4 is 20.7 Å². The zero-order valence-electron chi connectivity index (χ0n) is 14.4. The molecular formula is C18H21N3O4. The van der Waals surface area contributed by atoms with Crippen molar-refractivity contribution in [2.24, 2.45) is 0 Å². The number of rotatable bonds is 4. The summed E-state index contributed by atoms with van der Waals surface area (Å²) in [6.07, 6.45) is 0. The fourth-order valence-corrected chi connectivity index (χ4v) is 2.65. The predicted molar refractivity (Wildman–Crippen MR) is 92.5 cm³/mol. The van der Waals surface area contributed by atoms with Crippen LogP contribution in [0.1, 0.15) is 43.0 Å². The number of aryl methyl sites for hydroxylation is 1. The van der Waals surface area contributed by atoms with Gasteiger partial charge in [0.2, 0.25) is 0 Å². The molecule has 0 aliphatic carbocycles. The molecule has 3 amide bonds. The van der Waals surface area contributed by atoms with Crippen LogP contribution in [0.5, 0.6) is 5.75 Å². The van der Waals surface area contributed by atoms with E-state index in [1.54, 1.807) is 12.1 Å². The number of ether oxygens (including phenoxy) is 1. The molecule has 2 aromatic rings. The first-order chi connectivity index (χ1) is 11.9. The van der Waals surface area contributed by atoms with E-state index in [-0.39, 0.29) is 30.6 Å². The molecule has 0 saturated heterocycles. The molecule has 0 fully saturated rings. The topological polar surface area (TPSA) is 92.6 Å². The van der Waals surface area contributed by atoms with Crippen molar-refractivity contribution in [2.45, 2.75) is 32.9 Å². The third-order valence-corrected chi connectivity index (χ3v) is 4.02. The predicted octanol–water partition coefficient (Wildman–Crippen LogP) is 3.04. The second-order valence-corrected chi connectivity index (χ2v) is 6.10. The van der Waals surface area contributed by atoms with Crippen molar-refractivity contribution in [3.8, 4) is 5.75 Å². The number of carbonyl (C=O) groups is 2. The second kappa shape index (κ2) is 6.88. The summed E-state index contributed by atoms with van der Waals surface area (Å²) in [5, 5.41) is 8.48. The van der Waals surface area contributed by atoms with Crippen LogP contribution in [0.3, 0.4) is 0 Å². The smallest absolute Gasteiger partial charge is 0.315 e. The van der Waals surface area contributed by atoms with Gasteiger partial charge in [-0.15, -0.1) is 0 Å². The zero-order chi connectivity index (χ0) is 18.0. The molecule has 25 heavy (non-hydrogen) atoms. The Kier molecular flexibility index (Phi) is 4.65. The summed E-state index contributed by atoms with van der Waals surface area (Å²) in [6.45, 7) is 5.60. The minimum absolute atomic E-state index is 0.0205.